The molecule has 114 valence electrons. The van der Waals surface area contributed by atoms with Gasteiger partial charge in [-0.3, -0.25) is 9.69 Å². The van der Waals surface area contributed by atoms with Crippen molar-refractivity contribution in [3.05, 3.63) is 29.8 Å². The van der Waals surface area contributed by atoms with Gasteiger partial charge in [-0.25, -0.2) is 0 Å². The number of para-hydroxylation sites is 1. The zero-order valence-electron chi connectivity index (χ0n) is 12.7. The van der Waals surface area contributed by atoms with E-state index in [-0.39, 0.29) is 11.3 Å². The first-order valence-corrected chi connectivity index (χ1v) is 7.86. The first-order chi connectivity index (χ1) is 10.2. The fraction of sp³-hybridized carbons (Fsp3) is 0.588. The Morgan fingerprint density at radius 2 is 2.00 bits per heavy atom. The number of piperidine rings is 2. The number of nitrogens with one attached hydrogen (secondary N) is 1. The van der Waals surface area contributed by atoms with E-state index in [0.717, 1.165) is 57.6 Å². The van der Waals surface area contributed by atoms with Crippen LogP contribution in [-0.4, -0.2) is 37.6 Å². The van der Waals surface area contributed by atoms with Gasteiger partial charge in [0, 0.05) is 18.7 Å². The van der Waals surface area contributed by atoms with Gasteiger partial charge in [-0.05, 0) is 44.8 Å². The Labute approximate surface area is 126 Å². The number of methoxy groups -OCH3 is 1. The predicted molar refractivity (Wildman–Crippen MR) is 82.2 cm³/mol. The van der Waals surface area contributed by atoms with Gasteiger partial charge in [-0.2, -0.15) is 0 Å². The molecule has 1 aromatic carbocycles. The minimum Gasteiger partial charge on any atom is -0.496 e. The van der Waals surface area contributed by atoms with E-state index in [2.05, 4.69) is 22.3 Å². The number of carbonyl (C=O) groups excluding carboxylic acids is 1. The molecule has 1 aromatic rings. The third-order valence-electron chi connectivity index (χ3n) is 5.00. The Morgan fingerprint density at radius 1 is 1.24 bits per heavy atom. The summed E-state index contributed by atoms with van der Waals surface area (Å²) in [6.45, 7) is 3.74. The minimum atomic E-state index is -0.0878. The smallest absolute Gasteiger partial charge is 0.226 e. The van der Waals surface area contributed by atoms with E-state index < -0.39 is 0 Å². The van der Waals surface area contributed by atoms with Crippen LogP contribution >= 0.6 is 0 Å². The second kappa shape index (κ2) is 6.06. The summed E-state index contributed by atoms with van der Waals surface area (Å²) in [4.78, 5) is 14.6. The molecule has 4 nitrogen and oxygen atoms in total. The Hall–Kier alpha value is -1.55. The molecule has 1 amide bonds. The number of carbonyl (C=O) groups is 1. The van der Waals surface area contributed by atoms with Crippen LogP contribution in [0.15, 0.2) is 24.3 Å². The van der Waals surface area contributed by atoms with Gasteiger partial charge in [0.1, 0.15) is 5.75 Å². The maximum absolute atomic E-state index is 12.2. The highest BCUT2D eigenvalue weighted by molar-refractivity contribution is 5.83. The van der Waals surface area contributed by atoms with Crippen molar-refractivity contribution in [2.75, 3.05) is 26.7 Å². The number of rotatable bonds is 3. The number of hydrogen-bond donors (Lipinski definition) is 1. The monoisotopic (exact) mass is 288 g/mol. The molecule has 2 saturated heterocycles. The van der Waals surface area contributed by atoms with Gasteiger partial charge < -0.3 is 10.1 Å². The van der Waals surface area contributed by atoms with Crippen LogP contribution in [0.5, 0.6) is 5.75 Å². The zero-order chi connectivity index (χ0) is 14.7. The summed E-state index contributed by atoms with van der Waals surface area (Å²) in [5, 5.41) is 3.05. The number of benzene rings is 1. The molecule has 0 atom stereocenters. The van der Waals surface area contributed by atoms with Crippen LogP contribution in [0.4, 0.5) is 0 Å². The lowest BCUT2D eigenvalue weighted by molar-refractivity contribution is -0.136. The lowest BCUT2D eigenvalue weighted by Gasteiger charge is -2.43. The van der Waals surface area contributed by atoms with E-state index in [1.807, 2.05) is 12.1 Å². The van der Waals surface area contributed by atoms with Crippen LogP contribution in [0, 0.1) is 5.41 Å². The lowest BCUT2D eigenvalue weighted by Crippen LogP contribution is -2.51. The summed E-state index contributed by atoms with van der Waals surface area (Å²) < 4.78 is 5.42. The summed E-state index contributed by atoms with van der Waals surface area (Å²) in [6, 6.07) is 8.18. The number of hydrogen-bond acceptors (Lipinski definition) is 3. The van der Waals surface area contributed by atoms with Gasteiger partial charge in [0.25, 0.3) is 0 Å². The quantitative estimate of drug-likeness (QED) is 0.927. The van der Waals surface area contributed by atoms with Crippen molar-refractivity contribution in [1.82, 2.24) is 10.2 Å². The maximum Gasteiger partial charge on any atom is 0.226 e. The molecule has 2 aliphatic heterocycles. The molecular formula is C17H24N2O2. The summed E-state index contributed by atoms with van der Waals surface area (Å²) in [5.74, 6) is 1.24. The molecule has 2 aliphatic rings. The summed E-state index contributed by atoms with van der Waals surface area (Å²) in [7, 11) is 1.72. The van der Waals surface area contributed by atoms with Crippen molar-refractivity contribution in [3.8, 4) is 5.75 Å². The van der Waals surface area contributed by atoms with Crippen LogP contribution in [-0.2, 0) is 11.3 Å². The standard InChI is InChI=1S/C17H24N2O2/c1-21-15-6-3-2-5-14(15)13-19-11-8-17(9-12-19)7-4-10-18-16(17)20/h2-3,5-6H,4,7-13H2,1H3,(H,18,20). The van der Waals surface area contributed by atoms with Gasteiger partial charge in [0.2, 0.25) is 5.91 Å². The number of ether oxygens (including phenoxy) is 1. The van der Waals surface area contributed by atoms with Gasteiger partial charge in [-0.1, -0.05) is 18.2 Å². The number of amides is 1. The molecule has 2 heterocycles. The average molecular weight is 288 g/mol. The van der Waals surface area contributed by atoms with Crippen LogP contribution in [0.3, 0.4) is 0 Å². The Kier molecular flexibility index (Phi) is 4.15. The molecule has 3 rings (SSSR count). The summed E-state index contributed by atoms with van der Waals surface area (Å²) in [5.41, 5.74) is 1.14. The summed E-state index contributed by atoms with van der Waals surface area (Å²) in [6.07, 6.45) is 4.14. The van der Waals surface area contributed by atoms with Gasteiger partial charge in [-0.15, -0.1) is 0 Å². The molecule has 0 aromatic heterocycles. The lowest BCUT2D eigenvalue weighted by atomic mass is 9.72. The fourth-order valence-corrected chi connectivity index (χ4v) is 3.62. The molecule has 0 aliphatic carbocycles. The maximum atomic E-state index is 12.2. The van der Waals surface area contributed by atoms with E-state index >= 15 is 0 Å². The zero-order valence-corrected chi connectivity index (χ0v) is 12.7. The Morgan fingerprint density at radius 3 is 2.71 bits per heavy atom. The van der Waals surface area contributed by atoms with E-state index in [0.29, 0.717) is 0 Å². The topological polar surface area (TPSA) is 41.6 Å². The predicted octanol–water partition coefficient (Wildman–Crippen LogP) is 2.19. The molecule has 0 bridgehead atoms. The van der Waals surface area contributed by atoms with Gasteiger partial charge in [0.15, 0.2) is 0 Å². The molecule has 0 radical (unpaired) electrons. The Bertz CT molecular complexity index is 507. The van der Waals surface area contributed by atoms with Crippen molar-refractivity contribution in [1.29, 1.82) is 0 Å². The van der Waals surface area contributed by atoms with Gasteiger partial charge >= 0.3 is 0 Å². The molecule has 2 fully saturated rings. The highest BCUT2D eigenvalue weighted by Crippen LogP contribution is 2.38. The third-order valence-corrected chi connectivity index (χ3v) is 5.00. The molecular weight excluding hydrogens is 264 g/mol. The van der Waals surface area contributed by atoms with Crippen molar-refractivity contribution in [2.24, 2.45) is 5.41 Å². The highest BCUT2D eigenvalue weighted by Gasteiger charge is 2.42. The number of nitrogens with zero attached hydrogens (tertiary/aromatic N) is 1. The van der Waals surface area contributed by atoms with Crippen LogP contribution in [0.25, 0.3) is 0 Å². The van der Waals surface area contributed by atoms with Gasteiger partial charge in [0.05, 0.1) is 12.5 Å². The van der Waals surface area contributed by atoms with Crippen LogP contribution in [0.2, 0.25) is 0 Å². The molecule has 0 saturated carbocycles. The van der Waals surface area contributed by atoms with Crippen molar-refractivity contribution < 1.29 is 9.53 Å². The number of likely N-dealkylation sites (tertiary alicyclic amines) is 1. The van der Waals surface area contributed by atoms with Crippen molar-refractivity contribution in [3.63, 3.8) is 0 Å². The first kappa shape index (κ1) is 14.4. The minimum absolute atomic E-state index is 0.0878. The van der Waals surface area contributed by atoms with Crippen LogP contribution < -0.4 is 10.1 Å². The van der Waals surface area contributed by atoms with E-state index in [4.69, 9.17) is 4.74 Å². The van der Waals surface area contributed by atoms with Crippen molar-refractivity contribution in [2.45, 2.75) is 32.2 Å². The largest absolute Gasteiger partial charge is 0.496 e. The van der Waals surface area contributed by atoms with E-state index in [9.17, 15) is 4.79 Å². The Balaban J connectivity index is 1.62. The molecule has 1 N–H and O–H groups in total. The fourth-order valence-electron chi connectivity index (χ4n) is 3.62. The molecule has 0 unspecified atom stereocenters. The second-order valence-corrected chi connectivity index (χ2v) is 6.23. The molecule has 1 spiro atoms. The van der Waals surface area contributed by atoms with E-state index in [1.165, 1.54) is 5.56 Å². The molecule has 4 heteroatoms. The average Bonchev–Trinajstić information content (AvgIpc) is 2.53. The van der Waals surface area contributed by atoms with E-state index in [1.54, 1.807) is 7.11 Å². The SMILES string of the molecule is COc1ccccc1CN1CCC2(CCCNC2=O)CC1. The highest BCUT2D eigenvalue weighted by atomic mass is 16.5. The second-order valence-electron chi connectivity index (χ2n) is 6.23. The first-order valence-electron chi connectivity index (χ1n) is 7.86. The van der Waals surface area contributed by atoms with Crippen LogP contribution in [0.1, 0.15) is 31.2 Å². The normalized spacial score (nSPS) is 22.0. The van der Waals surface area contributed by atoms with Crippen molar-refractivity contribution >= 4 is 5.91 Å². The summed E-state index contributed by atoms with van der Waals surface area (Å²) >= 11 is 0. The third kappa shape index (κ3) is 2.91. The molecule has 21 heavy (non-hydrogen) atoms.